The first kappa shape index (κ1) is 17.2. The van der Waals surface area contributed by atoms with Crippen molar-refractivity contribution in [2.75, 3.05) is 7.11 Å². The summed E-state index contributed by atoms with van der Waals surface area (Å²) in [5.41, 5.74) is -0.334. The monoisotopic (exact) mass is 318 g/mol. The van der Waals surface area contributed by atoms with Crippen LogP contribution in [0.4, 0.5) is 0 Å². The number of benzene rings is 1. The van der Waals surface area contributed by atoms with Gasteiger partial charge in [-0.05, 0) is 20.3 Å². The van der Waals surface area contributed by atoms with E-state index in [0.29, 0.717) is 12.0 Å². The third-order valence-corrected chi connectivity index (χ3v) is 4.50. The highest BCUT2D eigenvalue weighted by atomic mass is 16.6. The molecule has 5 heteroatoms. The van der Waals surface area contributed by atoms with Crippen LogP contribution in [0.2, 0.25) is 0 Å². The van der Waals surface area contributed by atoms with Crippen molar-refractivity contribution in [3.8, 4) is 0 Å². The number of methoxy groups -OCH3 is 1. The maximum Gasteiger partial charge on any atom is 0.321 e. The van der Waals surface area contributed by atoms with Gasteiger partial charge in [-0.1, -0.05) is 37.3 Å². The molecule has 3 atom stereocenters. The largest absolute Gasteiger partial charge is 0.468 e. The van der Waals surface area contributed by atoms with Crippen LogP contribution in [-0.4, -0.2) is 30.4 Å². The zero-order valence-electron chi connectivity index (χ0n) is 13.9. The Morgan fingerprint density at radius 2 is 1.87 bits per heavy atom. The standard InChI is InChI=1S/C18H22O5/c1-5-12(15(19)11-9-7-6-8-10-11)14-13(16(20)22-4)17(21)23-18(14,2)3/h6-10,12-14H,5H2,1-4H3/t12-,13-,14-/m1/s1. The molecular formula is C18H22O5. The molecule has 2 rings (SSSR count). The number of Topliss-reactive ketones (excluding diaryl/α,β-unsaturated/α-hetero) is 1. The molecule has 0 spiro atoms. The molecule has 0 bridgehead atoms. The van der Waals surface area contributed by atoms with Gasteiger partial charge in [0.25, 0.3) is 0 Å². The topological polar surface area (TPSA) is 69.7 Å². The number of carbonyl (C=O) groups is 3. The summed E-state index contributed by atoms with van der Waals surface area (Å²) < 4.78 is 10.1. The van der Waals surface area contributed by atoms with Gasteiger partial charge in [0.05, 0.1) is 7.11 Å². The number of carbonyl (C=O) groups excluding carboxylic acids is 3. The van der Waals surface area contributed by atoms with E-state index in [0.717, 1.165) is 0 Å². The molecule has 1 aliphatic heterocycles. The smallest absolute Gasteiger partial charge is 0.321 e. The Morgan fingerprint density at radius 3 is 2.39 bits per heavy atom. The highest BCUT2D eigenvalue weighted by Crippen LogP contribution is 2.44. The van der Waals surface area contributed by atoms with E-state index in [9.17, 15) is 14.4 Å². The van der Waals surface area contributed by atoms with Crippen LogP contribution in [0.15, 0.2) is 30.3 Å². The summed E-state index contributed by atoms with van der Waals surface area (Å²) in [7, 11) is 1.23. The first-order valence-corrected chi connectivity index (χ1v) is 7.73. The van der Waals surface area contributed by atoms with Crippen molar-refractivity contribution in [1.82, 2.24) is 0 Å². The molecule has 0 saturated carbocycles. The Bertz CT molecular complexity index is 605. The van der Waals surface area contributed by atoms with Gasteiger partial charge in [0.1, 0.15) is 5.60 Å². The molecule has 1 heterocycles. The van der Waals surface area contributed by atoms with E-state index < -0.39 is 35.3 Å². The van der Waals surface area contributed by atoms with Crippen LogP contribution < -0.4 is 0 Å². The zero-order chi connectivity index (χ0) is 17.2. The number of ether oxygens (including phenoxy) is 2. The molecule has 1 aromatic carbocycles. The molecule has 0 aromatic heterocycles. The number of hydrogen-bond donors (Lipinski definition) is 0. The summed E-state index contributed by atoms with van der Waals surface area (Å²) in [4.78, 5) is 37.1. The van der Waals surface area contributed by atoms with E-state index in [1.54, 1.807) is 38.1 Å². The van der Waals surface area contributed by atoms with Gasteiger partial charge >= 0.3 is 11.9 Å². The summed E-state index contributed by atoms with van der Waals surface area (Å²) in [6.07, 6.45) is 0.506. The fraction of sp³-hybridized carbons (Fsp3) is 0.500. The maximum absolute atomic E-state index is 12.9. The minimum absolute atomic E-state index is 0.0848. The SMILES string of the molecule is CC[C@@H](C(=O)c1ccccc1)[C@@H]1[C@H](C(=O)OC)C(=O)OC1(C)C. The van der Waals surface area contributed by atoms with Gasteiger partial charge in [-0.15, -0.1) is 0 Å². The van der Waals surface area contributed by atoms with Crippen molar-refractivity contribution in [2.45, 2.75) is 32.8 Å². The number of cyclic esters (lactones) is 1. The van der Waals surface area contributed by atoms with Gasteiger partial charge in [-0.3, -0.25) is 14.4 Å². The Hall–Kier alpha value is -2.17. The molecule has 0 aliphatic carbocycles. The fourth-order valence-corrected chi connectivity index (χ4v) is 3.44. The fourth-order valence-electron chi connectivity index (χ4n) is 3.44. The lowest BCUT2D eigenvalue weighted by Crippen LogP contribution is -2.42. The Kier molecular flexibility index (Phi) is 4.88. The lowest BCUT2D eigenvalue weighted by atomic mass is 9.70. The molecule has 23 heavy (non-hydrogen) atoms. The average molecular weight is 318 g/mol. The van der Waals surface area contributed by atoms with Crippen molar-refractivity contribution >= 4 is 17.7 Å². The van der Waals surface area contributed by atoms with Gasteiger partial charge in [0, 0.05) is 17.4 Å². The average Bonchev–Trinajstić information content (AvgIpc) is 2.77. The molecule has 1 aromatic rings. The van der Waals surface area contributed by atoms with Crippen LogP contribution in [0.25, 0.3) is 0 Å². The second-order valence-corrected chi connectivity index (χ2v) is 6.30. The first-order valence-electron chi connectivity index (χ1n) is 7.73. The van der Waals surface area contributed by atoms with Gasteiger partial charge in [0.15, 0.2) is 11.7 Å². The summed E-state index contributed by atoms with van der Waals surface area (Å²) in [6.45, 7) is 5.34. The van der Waals surface area contributed by atoms with Gasteiger partial charge in [0.2, 0.25) is 0 Å². The van der Waals surface area contributed by atoms with Crippen molar-refractivity contribution in [1.29, 1.82) is 0 Å². The van der Waals surface area contributed by atoms with Crippen LogP contribution in [-0.2, 0) is 19.1 Å². The number of rotatable bonds is 5. The van der Waals surface area contributed by atoms with E-state index in [2.05, 4.69) is 0 Å². The van der Waals surface area contributed by atoms with Crippen molar-refractivity contribution in [3.63, 3.8) is 0 Å². The Balaban J connectivity index is 2.42. The second kappa shape index (κ2) is 6.52. The van der Waals surface area contributed by atoms with E-state index in [1.165, 1.54) is 7.11 Å². The molecule has 0 N–H and O–H groups in total. The summed E-state index contributed by atoms with van der Waals surface area (Å²) in [6, 6.07) is 8.89. The van der Waals surface area contributed by atoms with E-state index in [1.807, 2.05) is 13.0 Å². The second-order valence-electron chi connectivity index (χ2n) is 6.30. The van der Waals surface area contributed by atoms with Crippen molar-refractivity contribution in [2.24, 2.45) is 17.8 Å². The summed E-state index contributed by atoms with van der Waals surface area (Å²) >= 11 is 0. The maximum atomic E-state index is 12.9. The lowest BCUT2D eigenvalue weighted by molar-refractivity contribution is -0.156. The molecule has 0 amide bonds. The predicted molar refractivity (Wildman–Crippen MR) is 83.7 cm³/mol. The molecular weight excluding hydrogens is 296 g/mol. The van der Waals surface area contributed by atoms with Crippen LogP contribution in [0.3, 0.4) is 0 Å². The molecule has 124 valence electrons. The van der Waals surface area contributed by atoms with E-state index in [-0.39, 0.29) is 5.78 Å². The third-order valence-electron chi connectivity index (χ3n) is 4.50. The van der Waals surface area contributed by atoms with E-state index in [4.69, 9.17) is 9.47 Å². The van der Waals surface area contributed by atoms with E-state index >= 15 is 0 Å². The Labute approximate surface area is 136 Å². The highest BCUT2D eigenvalue weighted by molar-refractivity contribution is 6.01. The molecule has 1 aliphatic rings. The van der Waals surface area contributed by atoms with Gasteiger partial charge in [-0.2, -0.15) is 0 Å². The molecule has 0 radical (unpaired) electrons. The van der Waals surface area contributed by atoms with Gasteiger partial charge in [-0.25, -0.2) is 0 Å². The van der Waals surface area contributed by atoms with Crippen LogP contribution in [0, 0.1) is 17.8 Å². The first-order chi connectivity index (χ1) is 10.8. The number of ketones is 1. The zero-order valence-corrected chi connectivity index (χ0v) is 13.9. The van der Waals surface area contributed by atoms with Crippen molar-refractivity contribution in [3.05, 3.63) is 35.9 Å². The van der Waals surface area contributed by atoms with Crippen molar-refractivity contribution < 1.29 is 23.9 Å². The highest BCUT2D eigenvalue weighted by Gasteiger charge is 2.57. The predicted octanol–water partition coefficient (Wildman–Crippen LogP) is 2.64. The minimum Gasteiger partial charge on any atom is -0.468 e. The molecule has 1 saturated heterocycles. The third kappa shape index (κ3) is 3.14. The Morgan fingerprint density at radius 1 is 1.26 bits per heavy atom. The van der Waals surface area contributed by atoms with Crippen LogP contribution in [0.5, 0.6) is 0 Å². The summed E-state index contributed by atoms with van der Waals surface area (Å²) in [5, 5.41) is 0. The normalized spacial score (nSPS) is 23.9. The quantitative estimate of drug-likeness (QED) is 0.474. The number of hydrogen-bond acceptors (Lipinski definition) is 5. The number of esters is 2. The molecule has 1 fully saturated rings. The lowest BCUT2D eigenvalue weighted by Gasteiger charge is -2.32. The summed E-state index contributed by atoms with van der Waals surface area (Å²) in [5.74, 6) is -3.47. The van der Waals surface area contributed by atoms with Crippen LogP contribution in [0.1, 0.15) is 37.6 Å². The minimum atomic E-state index is -1.06. The molecule has 0 unspecified atom stereocenters. The van der Waals surface area contributed by atoms with Crippen LogP contribution >= 0.6 is 0 Å². The molecule has 5 nitrogen and oxygen atoms in total. The van der Waals surface area contributed by atoms with Gasteiger partial charge < -0.3 is 9.47 Å².